The van der Waals surface area contributed by atoms with Crippen molar-refractivity contribution < 1.29 is 9.53 Å². The van der Waals surface area contributed by atoms with Crippen molar-refractivity contribution in [3.63, 3.8) is 0 Å². The highest BCUT2D eigenvalue weighted by Gasteiger charge is 2.18. The molecule has 1 aliphatic heterocycles. The van der Waals surface area contributed by atoms with Crippen LogP contribution in [-0.4, -0.2) is 65.2 Å². The Kier molecular flexibility index (Phi) is 7.65. The average Bonchev–Trinajstić information content (AvgIpc) is 2.85. The van der Waals surface area contributed by atoms with Gasteiger partial charge in [-0.3, -0.25) is 4.90 Å². The van der Waals surface area contributed by atoms with Crippen molar-refractivity contribution in [3.8, 4) is 11.6 Å². The summed E-state index contributed by atoms with van der Waals surface area (Å²) in [6, 6.07) is 12.8. The van der Waals surface area contributed by atoms with E-state index in [4.69, 9.17) is 4.74 Å². The fraction of sp³-hybridized carbons (Fsp3) is 0.333. The Morgan fingerprint density at radius 3 is 2.45 bits per heavy atom. The smallest absolute Gasteiger partial charge is 0.319 e. The number of aromatic nitrogens is 3. The molecule has 2 N–H and O–H groups in total. The normalized spacial score (nSPS) is 14.0. The maximum atomic E-state index is 12.2. The Labute approximate surface area is 193 Å². The van der Waals surface area contributed by atoms with Gasteiger partial charge in [0.05, 0.1) is 11.9 Å². The summed E-state index contributed by atoms with van der Waals surface area (Å²) in [6.07, 6.45) is 6.01. The van der Waals surface area contributed by atoms with Gasteiger partial charge >= 0.3 is 6.03 Å². The highest BCUT2D eigenvalue weighted by Crippen LogP contribution is 2.20. The molecule has 9 heteroatoms. The van der Waals surface area contributed by atoms with Crippen LogP contribution >= 0.6 is 0 Å². The van der Waals surface area contributed by atoms with Crippen LogP contribution in [0.2, 0.25) is 0 Å². The Balaban J connectivity index is 1.11. The number of aryl methyl sites for hydroxylation is 1. The highest BCUT2D eigenvalue weighted by molar-refractivity contribution is 5.88. The molecule has 0 atom stereocenters. The number of nitrogens with zero attached hydrogens (tertiary/aromatic N) is 5. The number of hydrogen-bond acceptors (Lipinski definition) is 7. The van der Waals surface area contributed by atoms with Gasteiger partial charge < -0.3 is 20.3 Å². The van der Waals surface area contributed by atoms with Crippen LogP contribution in [0, 0.1) is 6.92 Å². The van der Waals surface area contributed by atoms with Crippen molar-refractivity contribution in [1.82, 2.24) is 25.2 Å². The van der Waals surface area contributed by atoms with Crippen molar-refractivity contribution in [3.05, 3.63) is 66.6 Å². The number of anilines is 2. The molecule has 9 nitrogen and oxygen atoms in total. The van der Waals surface area contributed by atoms with Gasteiger partial charge in [0.15, 0.2) is 0 Å². The lowest BCUT2D eigenvalue weighted by Gasteiger charge is -2.34. The molecule has 3 heterocycles. The summed E-state index contributed by atoms with van der Waals surface area (Å²) in [6.45, 7) is 7.33. The number of carbonyl (C=O) groups is 1. The van der Waals surface area contributed by atoms with Crippen molar-refractivity contribution in [2.24, 2.45) is 0 Å². The third kappa shape index (κ3) is 6.88. The van der Waals surface area contributed by atoms with E-state index in [2.05, 4.69) is 35.4 Å². The first-order valence-electron chi connectivity index (χ1n) is 11.2. The van der Waals surface area contributed by atoms with E-state index >= 15 is 0 Å². The zero-order valence-corrected chi connectivity index (χ0v) is 18.8. The maximum absolute atomic E-state index is 12.2. The van der Waals surface area contributed by atoms with E-state index in [0.717, 1.165) is 50.8 Å². The molecule has 0 saturated carbocycles. The Bertz CT molecular complexity index is 1010. The second-order valence-electron chi connectivity index (χ2n) is 7.91. The third-order valence-electron chi connectivity index (χ3n) is 5.38. The second kappa shape index (κ2) is 11.2. The molecule has 3 aromatic rings. The summed E-state index contributed by atoms with van der Waals surface area (Å²) < 4.78 is 5.71. The number of benzene rings is 1. The van der Waals surface area contributed by atoms with E-state index in [1.54, 1.807) is 30.7 Å². The molecule has 1 aromatic carbocycles. The molecule has 33 heavy (non-hydrogen) atoms. The number of rotatable bonds is 8. The minimum absolute atomic E-state index is 0.241. The Hall–Kier alpha value is -3.72. The standard InChI is InChI=1S/C24H29N7O2/c1-19-4-7-21(8-5-19)33-22-9-6-20(18-28-22)29-24(32)27-12-3-13-30-14-16-31(17-15-30)23-25-10-2-11-26-23/h2,4-11,18H,3,12-17H2,1H3,(H2,27,29,32). The van der Waals surface area contributed by atoms with Gasteiger partial charge in [0.25, 0.3) is 0 Å². The number of pyridine rings is 1. The zero-order valence-electron chi connectivity index (χ0n) is 18.8. The third-order valence-corrected chi connectivity index (χ3v) is 5.38. The van der Waals surface area contributed by atoms with Crippen LogP contribution in [0.5, 0.6) is 11.6 Å². The summed E-state index contributed by atoms with van der Waals surface area (Å²) in [5.74, 6) is 1.99. The van der Waals surface area contributed by atoms with Crippen LogP contribution in [0.25, 0.3) is 0 Å². The Morgan fingerprint density at radius 2 is 1.76 bits per heavy atom. The van der Waals surface area contributed by atoms with Crippen LogP contribution in [0.1, 0.15) is 12.0 Å². The maximum Gasteiger partial charge on any atom is 0.319 e. The van der Waals surface area contributed by atoms with E-state index in [1.807, 2.05) is 37.3 Å². The molecule has 0 bridgehead atoms. The predicted octanol–water partition coefficient (Wildman–Crippen LogP) is 3.31. The van der Waals surface area contributed by atoms with Gasteiger partial charge in [-0.1, -0.05) is 17.7 Å². The van der Waals surface area contributed by atoms with Crippen molar-refractivity contribution in [2.75, 3.05) is 49.5 Å². The molecule has 1 aliphatic rings. The quantitative estimate of drug-likeness (QED) is 0.512. The second-order valence-corrected chi connectivity index (χ2v) is 7.91. The van der Waals surface area contributed by atoms with Gasteiger partial charge in [0.2, 0.25) is 11.8 Å². The van der Waals surface area contributed by atoms with Crippen molar-refractivity contribution in [1.29, 1.82) is 0 Å². The van der Waals surface area contributed by atoms with E-state index in [-0.39, 0.29) is 6.03 Å². The minimum atomic E-state index is -0.241. The number of piperazine rings is 1. The molecule has 0 unspecified atom stereocenters. The zero-order chi connectivity index (χ0) is 22.9. The van der Waals surface area contributed by atoms with Crippen molar-refractivity contribution >= 4 is 17.7 Å². The van der Waals surface area contributed by atoms with E-state index in [1.165, 1.54) is 5.56 Å². The summed E-state index contributed by atoms with van der Waals surface area (Å²) in [5, 5.41) is 5.70. The van der Waals surface area contributed by atoms with Crippen LogP contribution in [0.3, 0.4) is 0 Å². The number of amides is 2. The summed E-state index contributed by atoms with van der Waals surface area (Å²) >= 11 is 0. The highest BCUT2D eigenvalue weighted by atomic mass is 16.5. The number of ether oxygens (including phenoxy) is 1. The fourth-order valence-corrected chi connectivity index (χ4v) is 3.55. The number of hydrogen-bond donors (Lipinski definition) is 2. The molecular weight excluding hydrogens is 418 g/mol. The van der Waals surface area contributed by atoms with Gasteiger partial charge in [0.1, 0.15) is 5.75 Å². The molecule has 2 aromatic heterocycles. The lowest BCUT2D eigenvalue weighted by atomic mass is 10.2. The summed E-state index contributed by atoms with van der Waals surface area (Å²) in [5.41, 5.74) is 1.78. The van der Waals surface area contributed by atoms with Gasteiger partial charge in [-0.15, -0.1) is 0 Å². The molecule has 0 radical (unpaired) electrons. The SMILES string of the molecule is Cc1ccc(Oc2ccc(NC(=O)NCCCN3CCN(c4ncccn4)CC3)cn2)cc1. The lowest BCUT2D eigenvalue weighted by Crippen LogP contribution is -2.47. The monoisotopic (exact) mass is 447 g/mol. The van der Waals surface area contributed by atoms with Crippen LogP contribution < -0.4 is 20.3 Å². The molecule has 172 valence electrons. The van der Waals surface area contributed by atoms with Crippen LogP contribution in [0.15, 0.2) is 61.1 Å². The first-order valence-corrected chi connectivity index (χ1v) is 11.2. The number of nitrogens with one attached hydrogen (secondary N) is 2. The molecule has 0 spiro atoms. The first-order chi connectivity index (χ1) is 16.2. The van der Waals surface area contributed by atoms with E-state index in [9.17, 15) is 4.79 Å². The van der Waals surface area contributed by atoms with Gasteiger partial charge in [-0.2, -0.15) is 0 Å². The average molecular weight is 448 g/mol. The predicted molar refractivity (Wildman–Crippen MR) is 128 cm³/mol. The topological polar surface area (TPSA) is 95.5 Å². The molecule has 2 amide bonds. The summed E-state index contributed by atoms with van der Waals surface area (Å²) in [4.78, 5) is 29.6. The molecule has 0 aliphatic carbocycles. The largest absolute Gasteiger partial charge is 0.439 e. The van der Waals surface area contributed by atoms with Crippen molar-refractivity contribution in [2.45, 2.75) is 13.3 Å². The molecular formula is C24H29N7O2. The van der Waals surface area contributed by atoms with Gasteiger partial charge in [-0.25, -0.2) is 19.7 Å². The first kappa shape index (κ1) is 22.5. The summed E-state index contributed by atoms with van der Waals surface area (Å²) in [7, 11) is 0. The molecule has 1 fully saturated rings. The van der Waals surface area contributed by atoms with E-state index in [0.29, 0.717) is 18.1 Å². The minimum Gasteiger partial charge on any atom is -0.439 e. The van der Waals surface area contributed by atoms with Gasteiger partial charge in [0, 0.05) is 51.2 Å². The molecule has 4 rings (SSSR count). The fourth-order valence-electron chi connectivity index (χ4n) is 3.55. The number of carbonyl (C=O) groups excluding carboxylic acids is 1. The molecule has 1 saturated heterocycles. The van der Waals surface area contributed by atoms with Crippen LogP contribution in [-0.2, 0) is 0 Å². The van der Waals surface area contributed by atoms with E-state index < -0.39 is 0 Å². The Morgan fingerprint density at radius 1 is 1.00 bits per heavy atom. The lowest BCUT2D eigenvalue weighted by molar-refractivity contribution is 0.244. The van der Waals surface area contributed by atoms with Gasteiger partial charge in [-0.05, 0) is 44.2 Å². The number of urea groups is 1. The van der Waals surface area contributed by atoms with Crippen LogP contribution in [0.4, 0.5) is 16.4 Å².